The standard InChI is InChI=1S/C13H18N4/c1-11(2)3-4-12-9-15-13(16-10-12)17-7-5-14-6-8-17/h9-11,14H,5-8H2,1-2H3. The summed E-state index contributed by atoms with van der Waals surface area (Å²) in [5.41, 5.74) is 0.887. The van der Waals surface area contributed by atoms with Crippen LogP contribution in [0.15, 0.2) is 12.4 Å². The zero-order valence-electron chi connectivity index (χ0n) is 10.4. The van der Waals surface area contributed by atoms with Gasteiger partial charge in [-0.2, -0.15) is 0 Å². The average Bonchev–Trinajstić information content (AvgIpc) is 2.38. The lowest BCUT2D eigenvalue weighted by Gasteiger charge is -2.27. The third kappa shape index (κ3) is 3.43. The first kappa shape index (κ1) is 11.9. The second kappa shape index (κ2) is 5.65. The summed E-state index contributed by atoms with van der Waals surface area (Å²) in [5, 5.41) is 3.31. The summed E-state index contributed by atoms with van der Waals surface area (Å²) in [5.74, 6) is 7.36. The van der Waals surface area contributed by atoms with Gasteiger partial charge in [-0.25, -0.2) is 9.97 Å². The lowest BCUT2D eigenvalue weighted by molar-refractivity contribution is 0.580. The molecule has 0 bridgehead atoms. The maximum absolute atomic E-state index is 4.36. The number of anilines is 1. The molecule has 1 aromatic heterocycles. The Morgan fingerprint density at radius 2 is 1.88 bits per heavy atom. The van der Waals surface area contributed by atoms with Crippen molar-refractivity contribution in [1.82, 2.24) is 15.3 Å². The van der Waals surface area contributed by atoms with Crippen LogP contribution in [0.3, 0.4) is 0 Å². The van der Waals surface area contributed by atoms with E-state index in [0.29, 0.717) is 5.92 Å². The number of piperazine rings is 1. The predicted molar refractivity (Wildman–Crippen MR) is 68.8 cm³/mol. The predicted octanol–water partition coefficient (Wildman–Crippen LogP) is 0.894. The number of nitrogens with one attached hydrogen (secondary N) is 1. The van der Waals surface area contributed by atoms with Gasteiger partial charge in [0.15, 0.2) is 0 Å². The molecule has 1 aliphatic rings. The topological polar surface area (TPSA) is 41.1 Å². The van der Waals surface area contributed by atoms with Crippen molar-refractivity contribution in [2.75, 3.05) is 31.1 Å². The third-order valence-electron chi connectivity index (χ3n) is 2.54. The van der Waals surface area contributed by atoms with Crippen molar-refractivity contribution in [2.45, 2.75) is 13.8 Å². The Labute approximate surface area is 102 Å². The van der Waals surface area contributed by atoms with E-state index in [0.717, 1.165) is 37.7 Å². The molecular weight excluding hydrogens is 212 g/mol. The van der Waals surface area contributed by atoms with E-state index in [1.54, 1.807) is 12.4 Å². The Hall–Kier alpha value is -1.60. The molecule has 1 aliphatic heterocycles. The largest absolute Gasteiger partial charge is 0.338 e. The minimum absolute atomic E-state index is 0.378. The molecule has 4 heteroatoms. The first-order valence-electron chi connectivity index (χ1n) is 6.05. The van der Waals surface area contributed by atoms with Crippen molar-refractivity contribution in [3.63, 3.8) is 0 Å². The van der Waals surface area contributed by atoms with Crippen molar-refractivity contribution >= 4 is 5.95 Å². The molecular formula is C13H18N4. The quantitative estimate of drug-likeness (QED) is 0.728. The van der Waals surface area contributed by atoms with Crippen LogP contribution in [0, 0.1) is 17.8 Å². The van der Waals surface area contributed by atoms with E-state index in [4.69, 9.17) is 0 Å². The number of hydrogen-bond donors (Lipinski definition) is 1. The number of hydrogen-bond acceptors (Lipinski definition) is 4. The molecule has 1 fully saturated rings. The Kier molecular flexibility index (Phi) is 3.94. The normalized spacial score (nSPS) is 15.6. The van der Waals surface area contributed by atoms with Crippen LogP contribution in [-0.2, 0) is 0 Å². The lowest BCUT2D eigenvalue weighted by atomic mass is 10.2. The minimum atomic E-state index is 0.378. The second-order valence-corrected chi connectivity index (χ2v) is 4.43. The fourth-order valence-electron chi connectivity index (χ4n) is 1.64. The van der Waals surface area contributed by atoms with Crippen LogP contribution in [0.2, 0.25) is 0 Å². The smallest absolute Gasteiger partial charge is 0.225 e. The van der Waals surface area contributed by atoms with E-state index in [2.05, 4.69) is 45.9 Å². The number of aromatic nitrogens is 2. The second-order valence-electron chi connectivity index (χ2n) is 4.43. The summed E-state index contributed by atoms with van der Waals surface area (Å²) in [4.78, 5) is 10.9. The van der Waals surface area contributed by atoms with Gasteiger partial charge in [-0.05, 0) is 0 Å². The molecule has 1 aromatic rings. The van der Waals surface area contributed by atoms with Gasteiger partial charge in [0, 0.05) is 44.5 Å². The molecule has 0 atom stereocenters. The number of rotatable bonds is 1. The van der Waals surface area contributed by atoms with E-state index in [-0.39, 0.29) is 0 Å². The Bertz CT molecular complexity index is 407. The molecule has 2 heterocycles. The first-order chi connectivity index (χ1) is 8.25. The SMILES string of the molecule is CC(C)C#Cc1cnc(N2CCNCC2)nc1. The van der Waals surface area contributed by atoms with E-state index in [1.807, 2.05) is 0 Å². The molecule has 0 unspecified atom stereocenters. The van der Waals surface area contributed by atoms with E-state index < -0.39 is 0 Å². The van der Waals surface area contributed by atoms with Gasteiger partial charge in [0.1, 0.15) is 0 Å². The molecule has 0 aromatic carbocycles. The zero-order valence-corrected chi connectivity index (χ0v) is 10.4. The van der Waals surface area contributed by atoms with Crippen LogP contribution in [0.4, 0.5) is 5.95 Å². The van der Waals surface area contributed by atoms with E-state index in [9.17, 15) is 0 Å². The van der Waals surface area contributed by atoms with Crippen molar-refractivity contribution in [3.8, 4) is 11.8 Å². The fraction of sp³-hybridized carbons (Fsp3) is 0.538. The number of nitrogens with zero attached hydrogens (tertiary/aromatic N) is 3. The van der Waals surface area contributed by atoms with Crippen LogP contribution in [0.5, 0.6) is 0 Å². The molecule has 4 nitrogen and oxygen atoms in total. The van der Waals surface area contributed by atoms with Gasteiger partial charge in [0.05, 0.1) is 5.56 Å². The van der Waals surface area contributed by atoms with Gasteiger partial charge in [0.25, 0.3) is 0 Å². The highest BCUT2D eigenvalue weighted by Crippen LogP contribution is 2.07. The molecule has 1 saturated heterocycles. The van der Waals surface area contributed by atoms with Gasteiger partial charge in [-0.3, -0.25) is 0 Å². The Morgan fingerprint density at radius 3 is 2.47 bits per heavy atom. The Morgan fingerprint density at radius 1 is 1.24 bits per heavy atom. The van der Waals surface area contributed by atoms with Crippen LogP contribution in [0.1, 0.15) is 19.4 Å². The highest BCUT2D eigenvalue weighted by Gasteiger charge is 2.11. The highest BCUT2D eigenvalue weighted by molar-refractivity contribution is 5.36. The molecule has 0 radical (unpaired) electrons. The van der Waals surface area contributed by atoms with Gasteiger partial charge >= 0.3 is 0 Å². The molecule has 2 rings (SSSR count). The monoisotopic (exact) mass is 230 g/mol. The summed E-state index contributed by atoms with van der Waals surface area (Å²) in [6.45, 7) is 8.08. The van der Waals surface area contributed by atoms with E-state index in [1.165, 1.54) is 0 Å². The summed E-state index contributed by atoms with van der Waals surface area (Å²) in [6.07, 6.45) is 3.61. The fourth-order valence-corrected chi connectivity index (χ4v) is 1.64. The van der Waals surface area contributed by atoms with Crippen molar-refractivity contribution in [1.29, 1.82) is 0 Å². The van der Waals surface area contributed by atoms with Crippen molar-refractivity contribution in [3.05, 3.63) is 18.0 Å². The molecule has 0 saturated carbocycles. The van der Waals surface area contributed by atoms with E-state index >= 15 is 0 Å². The summed E-state index contributed by atoms with van der Waals surface area (Å²) >= 11 is 0. The lowest BCUT2D eigenvalue weighted by Crippen LogP contribution is -2.44. The van der Waals surface area contributed by atoms with Gasteiger partial charge in [0.2, 0.25) is 5.95 Å². The van der Waals surface area contributed by atoms with Crippen LogP contribution >= 0.6 is 0 Å². The first-order valence-corrected chi connectivity index (χ1v) is 6.05. The molecule has 0 amide bonds. The molecule has 0 spiro atoms. The molecule has 90 valence electrons. The summed E-state index contributed by atoms with van der Waals surface area (Å²) in [7, 11) is 0. The average molecular weight is 230 g/mol. The van der Waals surface area contributed by atoms with Gasteiger partial charge in [-0.1, -0.05) is 25.7 Å². The van der Waals surface area contributed by atoms with Crippen molar-refractivity contribution < 1.29 is 0 Å². The van der Waals surface area contributed by atoms with Gasteiger partial charge in [-0.15, -0.1) is 0 Å². The summed E-state index contributed by atoms with van der Waals surface area (Å²) < 4.78 is 0. The molecule has 17 heavy (non-hydrogen) atoms. The van der Waals surface area contributed by atoms with Crippen molar-refractivity contribution in [2.24, 2.45) is 5.92 Å². The Balaban J connectivity index is 2.05. The third-order valence-corrected chi connectivity index (χ3v) is 2.54. The maximum atomic E-state index is 4.36. The zero-order chi connectivity index (χ0) is 12.1. The summed E-state index contributed by atoms with van der Waals surface area (Å²) in [6, 6.07) is 0. The molecule has 0 aliphatic carbocycles. The highest BCUT2D eigenvalue weighted by atomic mass is 15.3. The minimum Gasteiger partial charge on any atom is -0.338 e. The maximum Gasteiger partial charge on any atom is 0.225 e. The van der Waals surface area contributed by atoms with Crippen LogP contribution in [-0.4, -0.2) is 36.1 Å². The van der Waals surface area contributed by atoms with Gasteiger partial charge < -0.3 is 10.2 Å². The molecule has 1 N–H and O–H groups in total. The van der Waals surface area contributed by atoms with Crippen LogP contribution in [0.25, 0.3) is 0 Å². The van der Waals surface area contributed by atoms with Crippen LogP contribution < -0.4 is 10.2 Å².